The molecule has 1 fully saturated rings. The summed E-state index contributed by atoms with van der Waals surface area (Å²) in [6, 6.07) is 24.4. The number of amides is 1. The molecule has 0 saturated carbocycles. The first-order valence-electron chi connectivity index (χ1n) is 10.0. The predicted octanol–water partition coefficient (Wildman–Crippen LogP) is 6.59. The maximum absolute atomic E-state index is 13.0. The van der Waals surface area contributed by atoms with Crippen LogP contribution in [0.3, 0.4) is 0 Å². The molecule has 1 aliphatic heterocycles. The Morgan fingerprint density at radius 1 is 1.00 bits per heavy atom. The molecule has 4 nitrogen and oxygen atoms in total. The van der Waals surface area contributed by atoms with E-state index in [1.807, 2.05) is 73.0 Å². The van der Waals surface area contributed by atoms with Crippen molar-refractivity contribution in [1.29, 1.82) is 0 Å². The van der Waals surface area contributed by atoms with E-state index in [0.717, 1.165) is 27.6 Å². The zero-order valence-corrected chi connectivity index (χ0v) is 18.5. The van der Waals surface area contributed by atoms with Gasteiger partial charge in [0.15, 0.2) is 5.17 Å². The van der Waals surface area contributed by atoms with Gasteiger partial charge in [0.2, 0.25) is 5.13 Å². The van der Waals surface area contributed by atoms with Gasteiger partial charge in [0.1, 0.15) is 0 Å². The summed E-state index contributed by atoms with van der Waals surface area (Å²) in [7, 11) is 0. The molecule has 0 spiro atoms. The fourth-order valence-corrected chi connectivity index (χ4v) is 5.31. The zero-order valence-electron chi connectivity index (χ0n) is 16.9. The Balaban J connectivity index is 1.48. The van der Waals surface area contributed by atoms with Crippen LogP contribution >= 0.6 is 23.1 Å². The summed E-state index contributed by atoms with van der Waals surface area (Å²) in [6.07, 6.45) is 1.97. The fraction of sp³-hybridized carbons (Fsp3) is 0.0800. The minimum atomic E-state index is -0.0148. The van der Waals surface area contributed by atoms with E-state index in [9.17, 15) is 4.79 Å². The number of hydrogen-bond acceptors (Lipinski definition) is 5. The number of likely N-dealkylation sites (N-methyl/N-ethyl adjacent to an activating group) is 1. The number of thioether (sulfide) groups is 1. The molecule has 3 aromatic carbocycles. The molecule has 4 aromatic rings. The Kier molecular flexibility index (Phi) is 5.40. The molecule has 1 aliphatic rings. The Bertz CT molecular complexity index is 1320. The van der Waals surface area contributed by atoms with Gasteiger partial charge in [0.25, 0.3) is 5.91 Å². The molecular formula is C25H19N3OS2. The molecule has 1 amide bonds. The largest absolute Gasteiger partial charge is 0.287 e. The van der Waals surface area contributed by atoms with Gasteiger partial charge in [0.05, 0.1) is 10.6 Å². The first-order valence-corrected chi connectivity index (χ1v) is 11.7. The van der Waals surface area contributed by atoms with E-state index in [4.69, 9.17) is 4.99 Å². The Morgan fingerprint density at radius 2 is 1.77 bits per heavy atom. The minimum absolute atomic E-state index is 0.0148. The van der Waals surface area contributed by atoms with Crippen LogP contribution in [-0.2, 0) is 4.79 Å². The monoisotopic (exact) mass is 441 g/mol. The molecule has 6 heteroatoms. The predicted molar refractivity (Wildman–Crippen MR) is 132 cm³/mol. The van der Waals surface area contributed by atoms with Crippen LogP contribution in [0.4, 0.5) is 5.13 Å². The molecule has 2 heterocycles. The smallest absolute Gasteiger partial charge is 0.266 e. The number of rotatable bonds is 4. The van der Waals surface area contributed by atoms with Gasteiger partial charge >= 0.3 is 0 Å². The van der Waals surface area contributed by atoms with Crippen molar-refractivity contribution in [3.05, 3.63) is 88.6 Å². The lowest BCUT2D eigenvalue weighted by Crippen LogP contribution is -2.28. The summed E-state index contributed by atoms with van der Waals surface area (Å²) < 4.78 is 0. The first-order chi connectivity index (χ1) is 15.2. The Morgan fingerprint density at radius 3 is 2.61 bits per heavy atom. The van der Waals surface area contributed by atoms with Crippen molar-refractivity contribution >= 4 is 56.2 Å². The van der Waals surface area contributed by atoms with Gasteiger partial charge in [-0.15, -0.1) is 11.3 Å². The molecule has 0 unspecified atom stereocenters. The van der Waals surface area contributed by atoms with E-state index in [-0.39, 0.29) is 5.91 Å². The number of carbonyl (C=O) groups excluding carboxylic acids is 1. The summed E-state index contributed by atoms with van der Waals surface area (Å²) in [6.45, 7) is 2.53. The van der Waals surface area contributed by atoms with E-state index >= 15 is 0 Å². The van der Waals surface area contributed by atoms with Crippen molar-refractivity contribution < 1.29 is 4.79 Å². The third-order valence-corrected chi connectivity index (χ3v) is 6.81. The number of amidine groups is 1. The highest BCUT2D eigenvalue weighted by atomic mass is 32.2. The van der Waals surface area contributed by atoms with Gasteiger partial charge in [-0.1, -0.05) is 72.8 Å². The van der Waals surface area contributed by atoms with E-state index < -0.39 is 0 Å². The van der Waals surface area contributed by atoms with Gasteiger partial charge in [-0.05, 0) is 41.1 Å². The van der Waals surface area contributed by atoms with Gasteiger partial charge in [-0.25, -0.2) is 4.98 Å². The third-order valence-electron chi connectivity index (χ3n) is 5.07. The second-order valence-corrected chi connectivity index (χ2v) is 8.85. The molecular weight excluding hydrogens is 422 g/mol. The topological polar surface area (TPSA) is 45.6 Å². The van der Waals surface area contributed by atoms with Crippen molar-refractivity contribution in [1.82, 2.24) is 9.88 Å². The van der Waals surface area contributed by atoms with Crippen molar-refractivity contribution in [2.75, 3.05) is 6.54 Å². The average Bonchev–Trinajstić information content (AvgIpc) is 3.39. The van der Waals surface area contributed by atoms with Gasteiger partial charge < -0.3 is 0 Å². The van der Waals surface area contributed by atoms with Crippen LogP contribution in [0.5, 0.6) is 0 Å². The van der Waals surface area contributed by atoms with E-state index in [2.05, 4.69) is 23.2 Å². The summed E-state index contributed by atoms with van der Waals surface area (Å²) in [5.41, 5.74) is 2.99. The molecule has 31 heavy (non-hydrogen) atoms. The van der Waals surface area contributed by atoms with Crippen LogP contribution in [0.2, 0.25) is 0 Å². The Hall–Kier alpha value is -3.22. The van der Waals surface area contributed by atoms with E-state index in [0.29, 0.717) is 21.7 Å². The number of carbonyl (C=O) groups is 1. The molecule has 1 aromatic heterocycles. The highest BCUT2D eigenvalue weighted by Gasteiger charge is 2.32. The van der Waals surface area contributed by atoms with Crippen molar-refractivity contribution in [2.24, 2.45) is 4.99 Å². The number of aliphatic imine (C=N–C) groups is 1. The average molecular weight is 442 g/mol. The standard InChI is InChI=1S/C25H19N3OS2/c1-2-28-23(29)22(15-19-13-8-12-17-9-6-7-14-20(17)19)31-25(28)27-24-26-21(16-30-24)18-10-4-3-5-11-18/h3-16H,2H2,1H3/b22-15-,27-25+. The fourth-order valence-electron chi connectivity index (χ4n) is 3.53. The highest BCUT2D eigenvalue weighted by molar-refractivity contribution is 8.18. The van der Waals surface area contributed by atoms with E-state index in [1.54, 1.807) is 4.90 Å². The number of thiazole rings is 1. The zero-order chi connectivity index (χ0) is 21.2. The van der Waals surface area contributed by atoms with Crippen molar-refractivity contribution in [3.8, 4) is 11.3 Å². The lowest BCUT2D eigenvalue weighted by Gasteiger charge is -2.11. The second kappa shape index (κ2) is 8.49. The SMILES string of the molecule is CCN1C(=O)/C(=C/c2cccc3ccccc23)S/C1=N/c1nc(-c2ccccc2)cs1. The maximum Gasteiger partial charge on any atom is 0.266 e. The van der Waals surface area contributed by atoms with Crippen molar-refractivity contribution in [3.63, 3.8) is 0 Å². The van der Waals surface area contributed by atoms with Gasteiger partial charge in [-0.3, -0.25) is 9.69 Å². The summed E-state index contributed by atoms with van der Waals surface area (Å²) >= 11 is 2.89. The van der Waals surface area contributed by atoms with Crippen molar-refractivity contribution in [2.45, 2.75) is 6.92 Å². The quantitative estimate of drug-likeness (QED) is 0.336. The molecule has 0 bridgehead atoms. The molecule has 5 rings (SSSR count). The summed E-state index contributed by atoms with van der Waals surface area (Å²) in [4.78, 5) is 24.8. The van der Waals surface area contributed by atoms with Crippen LogP contribution in [0.15, 0.2) is 88.1 Å². The van der Waals surface area contributed by atoms with Gasteiger partial charge in [0, 0.05) is 17.5 Å². The van der Waals surface area contributed by atoms with E-state index in [1.165, 1.54) is 23.1 Å². The van der Waals surface area contributed by atoms with Gasteiger partial charge in [-0.2, -0.15) is 4.99 Å². The van der Waals surface area contributed by atoms with Crippen LogP contribution in [0, 0.1) is 0 Å². The molecule has 152 valence electrons. The molecule has 0 atom stereocenters. The summed E-state index contributed by atoms with van der Waals surface area (Å²) in [5.74, 6) is -0.0148. The normalized spacial score (nSPS) is 16.7. The molecule has 0 aliphatic carbocycles. The van der Waals surface area contributed by atoms with Crippen LogP contribution in [0.25, 0.3) is 28.1 Å². The highest BCUT2D eigenvalue weighted by Crippen LogP contribution is 2.36. The maximum atomic E-state index is 13.0. The second-order valence-electron chi connectivity index (χ2n) is 7.00. The lowest BCUT2D eigenvalue weighted by atomic mass is 10.0. The minimum Gasteiger partial charge on any atom is -0.287 e. The number of aromatic nitrogens is 1. The van der Waals surface area contributed by atoms with Crippen LogP contribution in [-0.4, -0.2) is 27.5 Å². The number of benzene rings is 3. The third kappa shape index (κ3) is 3.92. The Labute approximate surface area is 189 Å². The lowest BCUT2D eigenvalue weighted by molar-refractivity contribution is -0.122. The molecule has 1 saturated heterocycles. The number of fused-ring (bicyclic) bond motifs is 1. The van der Waals surface area contributed by atoms with Crippen LogP contribution < -0.4 is 0 Å². The summed E-state index contributed by atoms with van der Waals surface area (Å²) in [5, 5.41) is 5.61. The number of hydrogen-bond donors (Lipinski definition) is 0. The van der Waals surface area contributed by atoms with Crippen LogP contribution in [0.1, 0.15) is 12.5 Å². The number of nitrogens with zero attached hydrogens (tertiary/aromatic N) is 3. The molecule has 0 radical (unpaired) electrons. The first kappa shape index (κ1) is 19.7. The molecule has 0 N–H and O–H groups in total.